The second-order valence-electron chi connectivity index (χ2n) is 3.32. The van der Waals surface area contributed by atoms with E-state index in [9.17, 15) is 13.2 Å². The van der Waals surface area contributed by atoms with Crippen molar-refractivity contribution in [3.8, 4) is 0 Å². The topological polar surface area (TPSA) is 131 Å². The van der Waals surface area contributed by atoms with Gasteiger partial charge in [0, 0.05) is 18.4 Å². The van der Waals surface area contributed by atoms with Crippen LogP contribution in [0.4, 0.5) is 5.69 Å². The van der Waals surface area contributed by atoms with Crippen molar-refractivity contribution in [2.75, 3.05) is 18.0 Å². The zero-order valence-corrected chi connectivity index (χ0v) is 9.38. The normalized spacial score (nSPS) is 11.3. The Kier molecular flexibility index (Phi) is 3.91. The first kappa shape index (κ1) is 12.5. The number of amides is 1. The molecule has 0 radical (unpaired) electrons. The number of carbonyl (C=O) groups excluding carboxylic acids is 1. The smallest absolute Gasteiger partial charge is 0.267 e. The molecule has 8 heteroatoms. The largest absolute Gasteiger partial charge is 0.397 e. The molecule has 0 aromatic carbocycles. The summed E-state index contributed by atoms with van der Waals surface area (Å²) in [4.78, 5) is 14.1. The highest BCUT2D eigenvalue weighted by molar-refractivity contribution is 7.89. The molecule has 0 atom stereocenters. The van der Waals surface area contributed by atoms with Gasteiger partial charge in [-0.25, -0.2) is 13.6 Å². The van der Waals surface area contributed by atoms with E-state index in [1.54, 1.807) is 0 Å². The molecular weight excluding hydrogens is 232 g/mol. The van der Waals surface area contributed by atoms with Crippen molar-refractivity contribution in [1.82, 2.24) is 10.3 Å². The molecule has 0 unspecified atom stereocenters. The van der Waals surface area contributed by atoms with Crippen LogP contribution >= 0.6 is 0 Å². The van der Waals surface area contributed by atoms with Crippen LogP contribution < -0.4 is 16.2 Å². The van der Waals surface area contributed by atoms with E-state index in [2.05, 4.69) is 10.3 Å². The summed E-state index contributed by atoms with van der Waals surface area (Å²) < 4.78 is 21.2. The van der Waals surface area contributed by atoms with Gasteiger partial charge in [-0.15, -0.1) is 0 Å². The maximum atomic E-state index is 11.4. The molecule has 1 aromatic heterocycles. The second-order valence-corrected chi connectivity index (χ2v) is 5.06. The Morgan fingerprint density at radius 3 is 2.69 bits per heavy atom. The summed E-state index contributed by atoms with van der Waals surface area (Å²) in [6.07, 6.45) is 1.78. The summed E-state index contributed by atoms with van der Waals surface area (Å²) in [7, 11) is -3.46. The van der Waals surface area contributed by atoms with Gasteiger partial charge in [0.05, 0.1) is 5.75 Å². The Bertz CT molecular complexity index is 465. The molecule has 1 aromatic rings. The zero-order chi connectivity index (χ0) is 12.2. The predicted molar refractivity (Wildman–Crippen MR) is 60.1 cm³/mol. The molecule has 1 amide bonds. The van der Waals surface area contributed by atoms with Crippen molar-refractivity contribution in [3.05, 3.63) is 18.0 Å². The molecule has 0 aliphatic carbocycles. The Balaban J connectivity index is 2.31. The van der Waals surface area contributed by atoms with E-state index in [0.29, 0.717) is 11.4 Å². The number of aromatic amines is 1. The lowest BCUT2D eigenvalue weighted by Crippen LogP contribution is -2.27. The highest BCUT2D eigenvalue weighted by Gasteiger charge is 2.07. The van der Waals surface area contributed by atoms with Crippen LogP contribution in [-0.4, -0.2) is 31.6 Å². The van der Waals surface area contributed by atoms with Gasteiger partial charge < -0.3 is 16.0 Å². The van der Waals surface area contributed by atoms with Crippen LogP contribution in [0.5, 0.6) is 0 Å². The number of hydrogen-bond acceptors (Lipinski definition) is 4. The molecule has 0 fully saturated rings. The Morgan fingerprint density at radius 1 is 1.50 bits per heavy atom. The standard InChI is InChI=1S/C8H14N4O3S/c9-6-4-7(12-5-6)8(13)11-2-1-3-16(10,14)15/h4-5,12H,1-3,9H2,(H,11,13)(H2,10,14,15). The van der Waals surface area contributed by atoms with Crippen LogP contribution in [0, 0.1) is 0 Å². The third-order valence-corrected chi connectivity index (χ3v) is 2.70. The maximum Gasteiger partial charge on any atom is 0.267 e. The van der Waals surface area contributed by atoms with E-state index >= 15 is 0 Å². The number of nitrogens with one attached hydrogen (secondary N) is 2. The van der Waals surface area contributed by atoms with Crippen LogP contribution in [0.25, 0.3) is 0 Å². The van der Waals surface area contributed by atoms with Crippen LogP contribution in [0.15, 0.2) is 12.3 Å². The average molecular weight is 246 g/mol. The van der Waals surface area contributed by atoms with Crippen LogP contribution in [0.1, 0.15) is 16.9 Å². The molecule has 1 rings (SSSR count). The molecule has 0 bridgehead atoms. The fourth-order valence-electron chi connectivity index (χ4n) is 1.11. The molecule has 6 N–H and O–H groups in total. The summed E-state index contributed by atoms with van der Waals surface area (Å²) in [6, 6.07) is 1.50. The zero-order valence-electron chi connectivity index (χ0n) is 8.56. The highest BCUT2D eigenvalue weighted by Crippen LogP contribution is 2.03. The molecule has 0 spiro atoms. The molecule has 90 valence electrons. The van der Waals surface area contributed by atoms with Gasteiger partial charge in [-0.3, -0.25) is 4.79 Å². The third-order valence-electron chi connectivity index (χ3n) is 1.84. The number of primary sulfonamides is 1. The van der Waals surface area contributed by atoms with Gasteiger partial charge in [-0.1, -0.05) is 0 Å². The lowest BCUT2D eigenvalue weighted by molar-refractivity contribution is 0.0949. The number of hydrogen-bond donors (Lipinski definition) is 4. The van der Waals surface area contributed by atoms with Gasteiger partial charge in [0.25, 0.3) is 5.91 Å². The number of nitrogen functional groups attached to an aromatic ring is 1. The number of aromatic nitrogens is 1. The number of H-pyrrole nitrogens is 1. The molecule has 0 aliphatic rings. The van der Waals surface area contributed by atoms with Crippen molar-refractivity contribution in [2.24, 2.45) is 5.14 Å². The van der Waals surface area contributed by atoms with E-state index < -0.39 is 10.0 Å². The second kappa shape index (κ2) is 4.99. The quantitative estimate of drug-likeness (QED) is 0.496. The summed E-state index contributed by atoms with van der Waals surface area (Å²) in [5.41, 5.74) is 6.23. The van der Waals surface area contributed by atoms with Gasteiger partial charge in [0.15, 0.2) is 0 Å². The Labute approximate surface area is 93.3 Å². The molecule has 16 heavy (non-hydrogen) atoms. The lowest BCUT2D eigenvalue weighted by Gasteiger charge is -2.02. The minimum atomic E-state index is -3.46. The Hall–Kier alpha value is -1.54. The van der Waals surface area contributed by atoms with Crippen molar-refractivity contribution in [3.63, 3.8) is 0 Å². The maximum absolute atomic E-state index is 11.4. The monoisotopic (exact) mass is 246 g/mol. The first-order valence-electron chi connectivity index (χ1n) is 4.61. The molecule has 0 saturated heterocycles. The number of anilines is 1. The van der Waals surface area contributed by atoms with Gasteiger partial charge in [-0.2, -0.15) is 0 Å². The van der Waals surface area contributed by atoms with E-state index in [-0.39, 0.29) is 24.6 Å². The Morgan fingerprint density at radius 2 is 2.19 bits per heavy atom. The van der Waals surface area contributed by atoms with Crippen LogP contribution in [0.2, 0.25) is 0 Å². The summed E-state index contributed by atoms with van der Waals surface area (Å²) in [5.74, 6) is -0.480. The van der Waals surface area contributed by atoms with E-state index in [4.69, 9.17) is 10.9 Å². The van der Waals surface area contributed by atoms with E-state index in [1.807, 2.05) is 0 Å². The van der Waals surface area contributed by atoms with Gasteiger partial charge in [0.1, 0.15) is 5.69 Å². The first-order valence-corrected chi connectivity index (χ1v) is 6.32. The minimum absolute atomic E-state index is 0.153. The molecule has 1 heterocycles. The van der Waals surface area contributed by atoms with E-state index in [0.717, 1.165) is 0 Å². The van der Waals surface area contributed by atoms with Gasteiger partial charge in [-0.05, 0) is 12.5 Å². The molecule has 7 nitrogen and oxygen atoms in total. The van der Waals surface area contributed by atoms with Crippen molar-refractivity contribution in [2.45, 2.75) is 6.42 Å². The van der Waals surface area contributed by atoms with Crippen LogP contribution in [-0.2, 0) is 10.0 Å². The third kappa shape index (κ3) is 4.32. The van der Waals surface area contributed by atoms with Gasteiger partial charge in [0.2, 0.25) is 10.0 Å². The number of nitrogens with two attached hydrogens (primary N) is 2. The van der Waals surface area contributed by atoms with Crippen molar-refractivity contribution < 1.29 is 13.2 Å². The SMILES string of the molecule is Nc1c[nH]c(C(=O)NCCCS(N)(=O)=O)c1. The van der Waals surface area contributed by atoms with Gasteiger partial charge >= 0.3 is 0 Å². The van der Waals surface area contributed by atoms with Crippen LogP contribution in [0.3, 0.4) is 0 Å². The number of carbonyl (C=O) groups is 1. The average Bonchev–Trinajstić information content (AvgIpc) is 2.57. The summed E-state index contributed by atoms with van der Waals surface area (Å²) in [5, 5.41) is 7.34. The molecule has 0 aliphatic heterocycles. The highest BCUT2D eigenvalue weighted by atomic mass is 32.2. The lowest BCUT2D eigenvalue weighted by atomic mass is 10.4. The number of rotatable bonds is 5. The summed E-state index contributed by atoms with van der Waals surface area (Å²) >= 11 is 0. The summed E-state index contributed by atoms with van der Waals surface area (Å²) in [6.45, 7) is 0.244. The fourth-order valence-corrected chi connectivity index (χ4v) is 1.66. The van der Waals surface area contributed by atoms with Crippen molar-refractivity contribution in [1.29, 1.82) is 0 Å². The number of sulfonamides is 1. The van der Waals surface area contributed by atoms with Crippen molar-refractivity contribution >= 4 is 21.6 Å². The first-order chi connectivity index (χ1) is 7.38. The minimum Gasteiger partial charge on any atom is -0.397 e. The molecular formula is C8H14N4O3S. The van der Waals surface area contributed by atoms with E-state index in [1.165, 1.54) is 12.3 Å². The molecule has 0 saturated carbocycles. The predicted octanol–water partition coefficient (Wildman–Crippen LogP) is -0.995. The fraction of sp³-hybridized carbons (Fsp3) is 0.375.